The fourth-order valence-electron chi connectivity index (χ4n) is 2.06. The Morgan fingerprint density at radius 1 is 1.26 bits per heavy atom. The molecule has 1 aliphatic rings. The molecule has 1 aromatic rings. The van der Waals surface area contributed by atoms with Gasteiger partial charge in [0.2, 0.25) is 10.0 Å². The summed E-state index contributed by atoms with van der Waals surface area (Å²) >= 11 is 0. The Hall–Kier alpha value is -0.925. The van der Waals surface area contributed by atoms with Crippen molar-refractivity contribution in [3.8, 4) is 0 Å². The Bertz CT molecular complexity index is 512. The van der Waals surface area contributed by atoms with E-state index in [-0.39, 0.29) is 16.4 Å². The molecule has 8 heteroatoms. The van der Waals surface area contributed by atoms with Crippen molar-refractivity contribution in [3.63, 3.8) is 0 Å². The van der Waals surface area contributed by atoms with Crippen molar-refractivity contribution in [2.45, 2.75) is 23.8 Å². The first-order valence-corrected chi connectivity index (χ1v) is 7.66. The first kappa shape index (κ1) is 14.5. The summed E-state index contributed by atoms with van der Waals surface area (Å²) in [4.78, 5) is 0.127. The fraction of sp³-hybridized carbons (Fsp3) is 0.455. The van der Waals surface area contributed by atoms with Gasteiger partial charge in [0.05, 0.1) is 4.90 Å². The van der Waals surface area contributed by atoms with Gasteiger partial charge in [-0.25, -0.2) is 13.1 Å². The van der Waals surface area contributed by atoms with E-state index in [0.29, 0.717) is 6.54 Å². The number of nitrogens with one attached hydrogen (secondary N) is 2. The zero-order valence-corrected chi connectivity index (χ0v) is 11.2. The van der Waals surface area contributed by atoms with Gasteiger partial charge in [-0.3, -0.25) is 0 Å². The lowest BCUT2D eigenvalue weighted by Crippen LogP contribution is -2.45. The molecule has 0 aliphatic carbocycles. The molecule has 0 saturated carbocycles. The van der Waals surface area contributed by atoms with Gasteiger partial charge in [0.25, 0.3) is 0 Å². The quantitative estimate of drug-likeness (QED) is 0.499. The smallest absolute Gasteiger partial charge is 0.423 e. The van der Waals surface area contributed by atoms with E-state index in [1.807, 2.05) is 0 Å². The summed E-state index contributed by atoms with van der Waals surface area (Å²) in [5, 5.41) is 21.1. The van der Waals surface area contributed by atoms with Crippen LogP contribution in [0.3, 0.4) is 0 Å². The molecule has 6 nitrogen and oxygen atoms in total. The van der Waals surface area contributed by atoms with E-state index < -0.39 is 17.1 Å². The monoisotopic (exact) mass is 284 g/mol. The molecule has 1 atom stereocenters. The van der Waals surface area contributed by atoms with Crippen molar-refractivity contribution < 1.29 is 18.5 Å². The Morgan fingerprint density at radius 3 is 2.47 bits per heavy atom. The van der Waals surface area contributed by atoms with Crippen molar-refractivity contribution >= 4 is 22.6 Å². The molecule has 1 unspecified atom stereocenters. The highest BCUT2D eigenvalue weighted by Gasteiger charge is 2.22. The van der Waals surface area contributed by atoms with Crippen LogP contribution < -0.4 is 15.5 Å². The van der Waals surface area contributed by atoms with Gasteiger partial charge in [-0.1, -0.05) is 12.1 Å². The molecular weight excluding hydrogens is 267 g/mol. The van der Waals surface area contributed by atoms with E-state index in [2.05, 4.69) is 10.0 Å². The Labute approximate surface area is 113 Å². The highest BCUT2D eigenvalue weighted by atomic mass is 32.2. The van der Waals surface area contributed by atoms with Crippen molar-refractivity contribution in [1.82, 2.24) is 10.0 Å². The van der Waals surface area contributed by atoms with E-state index in [4.69, 9.17) is 10.0 Å². The highest BCUT2D eigenvalue weighted by Crippen LogP contribution is 2.10. The molecule has 1 aliphatic heterocycles. The third-order valence-electron chi connectivity index (χ3n) is 3.11. The van der Waals surface area contributed by atoms with E-state index in [0.717, 1.165) is 19.4 Å². The van der Waals surface area contributed by atoms with Gasteiger partial charge in [-0.2, -0.15) is 0 Å². The molecule has 0 spiro atoms. The third kappa shape index (κ3) is 3.77. The van der Waals surface area contributed by atoms with Gasteiger partial charge in [0.1, 0.15) is 0 Å². The Balaban J connectivity index is 2.10. The summed E-state index contributed by atoms with van der Waals surface area (Å²) in [6.45, 7) is 1.55. The Morgan fingerprint density at radius 2 is 1.95 bits per heavy atom. The van der Waals surface area contributed by atoms with Gasteiger partial charge in [-0.15, -0.1) is 0 Å². The molecule has 0 aromatic heterocycles. The number of benzene rings is 1. The summed E-state index contributed by atoms with van der Waals surface area (Å²) in [5.41, 5.74) is 0.262. The van der Waals surface area contributed by atoms with Crippen LogP contribution in [0, 0.1) is 0 Å². The van der Waals surface area contributed by atoms with Gasteiger partial charge in [0, 0.05) is 12.6 Å². The van der Waals surface area contributed by atoms with E-state index in [1.54, 1.807) is 0 Å². The molecule has 4 N–H and O–H groups in total. The SMILES string of the molecule is O=S(=O)(NC1CCCNC1)c1ccc(B(O)O)cc1. The predicted molar refractivity (Wildman–Crippen MR) is 72.5 cm³/mol. The van der Waals surface area contributed by atoms with Crippen LogP contribution >= 0.6 is 0 Å². The standard InChI is InChI=1S/C11H17BN2O4S/c15-12(16)9-3-5-11(6-4-9)19(17,18)14-10-2-1-7-13-8-10/h3-6,10,13-16H,1-2,7-8H2. The van der Waals surface area contributed by atoms with Crippen molar-refractivity contribution in [1.29, 1.82) is 0 Å². The minimum absolute atomic E-state index is 0.0955. The minimum atomic E-state index is -3.56. The van der Waals surface area contributed by atoms with Crippen molar-refractivity contribution in [2.24, 2.45) is 0 Å². The summed E-state index contributed by atoms with van der Waals surface area (Å²) in [7, 11) is -5.15. The van der Waals surface area contributed by atoms with Gasteiger partial charge >= 0.3 is 7.12 Å². The highest BCUT2D eigenvalue weighted by molar-refractivity contribution is 7.89. The summed E-state index contributed by atoms with van der Waals surface area (Å²) in [6.07, 6.45) is 1.77. The number of rotatable bonds is 4. The second-order valence-electron chi connectivity index (χ2n) is 4.61. The van der Waals surface area contributed by atoms with Crippen LogP contribution in [0.15, 0.2) is 29.2 Å². The molecule has 19 heavy (non-hydrogen) atoms. The van der Waals surface area contributed by atoms with Crippen molar-refractivity contribution in [2.75, 3.05) is 13.1 Å². The number of hydrogen-bond donors (Lipinski definition) is 4. The lowest BCUT2D eigenvalue weighted by Gasteiger charge is -2.23. The van der Waals surface area contributed by atoms with Gasteiger partial charge < -0.3 is 15.4 Å². The maximum Gasteiger partial charge on any atom is 0.488 e. The van der Waals surface area contributed by atoms with Crippen LogP contribution in [-0.4, -0.2) is 44.7 Å². The normalized spacial score (nSPS) is 20.2. The molecule has 1 saturated heterocycles. The lowest BCUT2D eigenvalue weighted by molar-refractivity contribution is 0.425. The number of sulfonamides is 1. The van der Waals surface area contributed by atoms with Crippen LogP contribution in [0.5, 0.6) is 0 Å². The second-order valence-corrected chi connectivity index (χ2v) is 6.32. The molecule has 0 radical (unpaired) electrons. The zero-order chi connectivity index (χ0) is 13.9. The molecule has 1 fully saturated rings. The molecule has 0 bridgehead atoms. The summed E-state index contributed by atoms with van der Waals surface area (Å²) in [6, 6.07) is 5.42. The zero-order valence-electron chi connectivity index (χ0n) is 10.4. The number of piperidine rings is 1. The third-order valence-corrected chi connectivity index (χ3v) is 4.64. The molecule has 0 amide bonds. The maximum absolute atomic E-state index is 12.1. The van der Waals surface area contributed by atoms with Crippen LogP contribution in [0.1, 0.15) is 12.8 Å². The van der Waals surface area contributed by atoms with E-state index in [1.165, 1.54) is 24.3 Å². The maximum atomic E-state index is 12.1. The first-order chi connectivity index (χ1) is 8.99. The predicted octanol–water partition coefficient (Wildman–Crippen LogP) is -1.60. The van der Waals surface area contributed by atoms with Crippen LogP contribution in [0.2, 0.25) is 0 Å². The molecule has 1 heterocycles. The molecule has 104 valence electrons. The second kappa shape index (κ2) is 6.02. The largest absolute Gasteiger partial charge is 0.488 e. The van der Waals surface area contributed by atoms with Crippen molar-refractivity contribution in [3.05, 3.63) is 24.3 Å². The minimum Gasteiger partial charge on any atom is -0.423 e. The lowest BCUT2D eigenvalue weighted by atomic mass is 9.81. The van der Waals surface area contributed by atoms with E-state index >= 15 is 0 Å². The average Bonchev–Trinajstić information content (AvgIpc) is 2.39. The molecule has 1 aromatic carbocycles. The topological polar surface area (TPSA) is 98.7 Å². The van der Waals surface area contributed by atoms with Gasteiger partial charge in [-0.05, 0) is 37.0 Å². The fourth-order valence-corrected chi connectivity index (χ4v) is 3.33. The average molecular weight is 284 g/mol. The first-order valence-electron chi connectivity index (χ1n) is 6.18. The van der Waals surface area contributed by atoms with Crippen LogP contribution in [0.4, 0.5) is 0 Å². The van der Waals surface area contributed by atoms with Crippen LogP contribution in [0.25, 0.3) is 0 Å². The Kier molecular flexibility index (Phi) is 4.59. The van der Waals surface area contributed by atoms with Gasteiger partial charge in [0.15, 0.2) is 0 Å². The number of hydrogen-bond acceptors (Lipinski definition) is 5. The van der Waals surface area contributed by atoms with Crippen LogP contribution in [-0.2, 0) is 10.0 Å². The summed E-state index contributed by atoms with van der Waals surface area (Å²) < 4.78 is 26.9. The molecule has 2 rings (SSSR count). The summed E-state index contributed by atoms with van der Waals surface area (Å²) in [5.74, 6) is 0. The molecular formula is C11H17BN2O4S. The van der Waals surface area contributed by atoms with E-state index in [9.17, 15) is 8.42 Å².